The molecule has 3 aromatic rings. The third kappa shape index (κ3) is 1.89. The van der Waals surface area contributed by atoms with Gasteiger partial charge >= 0.3 is 0 Å². The third-order valence-corrected chi connectivity index (χ3v) is 3.26. The minimum atomic E-state index is -0.465. The van der Waals surface area contributed by atoms with E-state index in [0.717, 1.165) is 0 Å². The lowest BCUT2D eigenvalue weighted by Crippen LogP contribution is -1.79. The smallest absolute Gasteiger partial charge is 0.229 e. The van der Waals surface area contributed by atoms with Crippen LogP contribution >= 0.6 is 27.5 Å². The van der Waals surface area contributed by atoms with Crippen LogP contribution in [0.4, 0.5) is 4.39 Å². The predicted octanol–water partition coefficient (Wildman–Crippen LogP) is 4.44. The summed E-state index contributed by atoms with van der Waals surface area (Å²) < 4.78 is 19.5. The van der Waals surface area contributed by atoms with Gasteiger partial charge in [0, 0.05) is 6.20 Å². The molecule has 2 aromatic heterocycles. The van der Waals surface area contributed by atoms with Crippen LogP contribution in [0.5, 0.6) is 0 Å². The second-order valence-electron chi connectivity index (χ2n) is 3.60. The summed E-state index contributed by atoms with van der Waals surface area (Å²) in [6, 6.07) is 6.61. The summed E-state index contributed by atoms with van der Waals surface area (Å²) in [5.74, 6) is -0.153. The average molecular weight is 328 g/mol. The second kappa shape index (κ2) is 4.33. The molecule has 0 unspecified atom stereocenters. The zero-order valence-electron chi connectivity index (χ0n) is 8.82. The van der Waals surface area contributed by atoms with Gasteiger partial charge < -0.3 is 4.42 Å². The number of aromatic nitrogens is 2. The van der Waals surface area contributed by atoms with Gasteiger partial charge in [-0.05, 0) is 40.2 Å². The quantitative estimate of drug-likeness (QED) is 0.620. The Labute approximate surface area is 115 Å². The van der Waals surface area contributed by atoms with Crippen LogP contribution in [0.1, 0.15) is 0 Å². The van der Waals surface area contributed by atoms with Crippen molar-refractivity contribution in [3.63, 3.8) is 0 Å². The number of halogens is 3. The van der Waals surface area contributed by atoms with Crippen LogP contribution in [0.3, 0.4) is 0 Å². The highest BCUT2D eigenvalue weighted by atomic mass is 79.9. The van der Waals surface area contributed by atoms with E-state index >= 15 is 0 Å². The first kappa shape index (κ1) is 11.6. The number of hydrogen-bond acceptors (Lipinski definition) is 3. The van der Waals surface area contributed by atoms with E-state index in [1.807, 2.05) is 0 Å². The number of oxazole rings is 1. The molecule has 0 amide bonds. The molecule has 0 aliphatic heterocycles. The Balaban J connectivity index is 2.19. The zero-order chi connectivity index (χ0) is 12.7. The molecule has 0 fully saturated rings. The number of benzene rings is 1. The van der Waals surface area contributed by atoms with E-state index in [2.05, 4.69) is 25.9 Å². The lowest BCUT2D eigenvalue weighted by molar-refractivity contribution is 0.561. The Morgan fingerprint density at radius 1 is 1.22 bits per heavy atom. The van der Waals surface area contributed by atoms with E-state index in [1.165, 1.54) is 6.20 Å². The van der Waals surface area contributed by atoms with Crippen molar-refractivity contribution in [2.75, 3.05) is 0 Å². The van der Waals surface area contributed by atoms with Crippen LogP contribution < -0.4 is 0 Å². The Morgan fingerprint density at radius 2 is 2.06 bits per heavy atom. The Kier molecular flexibility index (Phi) is 2.80. The molecular formula is C12H5BrClFN2O. The molecular weight excluding hydrogens is 323 g/mol. The monoisotopic (exact) mass is 326 g/mol. The van der Waals surface area contributed by atoms with E-state index in [0.29, 0.717) is 26.6 Å². The number of nitrogens with zero attached hydrogens (tertiary/aromatic N) is 2. The summed E-state index contributed by atoms with van der Waals surface area (Å²) in [5.41, 5.74) is 1.22. The second-order valence-corrected chi connectivity index (χ2v) is 4.84. The first-order valence-electron chi connectivity index (χ1n) is 5.01. The van der Waals surface area contributed by atoms with Gasteiger partial charge in [0.05, 0.1) is 10.0 Å². The van der Waals surface area contributed by atoms with Crippen LogP contribution in [0, 0.1) is 5.82 Å². The molecule has 1 aromatic carbocycles. The minimum Gasteiger partial charge on any atom is -0.433 e. The number of hydrogen-bond donors (Lipinski definition) is 0. The molecule has 2 heterocycles. The van der Waals surface area contributed by atoms with Crippen molar-refractivity contribution < 1.29 is 8.81 Å². The molecule has 0 spiro atoms. The van der Waals surface area contributed by atoms with Crippen molar-refractivity contribution in [2.24, 2.45) is 0 Å². The summed E-state index contributed by atoms with van der Waals surface area (Å²) >= 11 is 8.79. The summed E-state index contributed by atoms with van der Waals surface area (Å²) in [7, 11) is 0. The Morgan fingerprint density at radius 3 is 2.78 bits per heavy atom. The van der Waals surface area contributed by atoms with Gasteiger partial charge in [-0.2, -0.15) is 0 Å². The fourth-order valence-electron chi connectivity index (χ4n) is 1.56. The van der Waals surface area contributed by atoms with Crippen molar-refractivity contribution in [3.8, 4) is 11.5 Å². The molecule has 0 aliphatic rings. The molecule has 0 radical (unpaired) electrons. The molecule has 0 aliphatic carbocycles. The molecule has 0 atom stereocenters. The van der Waals surface area contributed by atoms with Gasteiger partial charge in [-0.3, -0.25) is 0 Å². The SMILES string of the molecule is Fc1c(Br)ccc2nc(-c3ccc(Cl)nc3)oc12. The van der Waals surface area contributed by atoms with E-state index in [9.17, 15) is 4.39 Å². The largest absolute Gasteiger partial charge is 0.433 e. The Hall–Kier alpha value is -1.46. The van der Waals surface area contributed by atoms with Crippen LogP contribution in [-0.2, 0) is 0 Å². The lowest BCUT2D eigenvalue weighted by atomic mass is 10.3. The highest BCUT2D eigenvalue weighted by Crippen LogP contribution is 2.29. The predicted molar refractivity (Wildman–Crippen MR) is 69.9 cm³/mol. The van der Waals surface area contributed by atoms with Crippen molar-refractivity contribution in [1.29, 1.82) is 0 Å². The molecule has 18 heavy (non-hydrogen) atoms. The molecule has 6 heteroatoms. The molecule has 0 N–H and O–H groups in total. The van der Waals surface area contributed by atoms with E-state index in [-0.39, 0.29) is 5.58 Å². The van der Waals surface area contributed by atoms with Crippen molar-refractivity contribution in [1.82, 2.24) is 9.97 Å². The zero-order valence-corrected chi connectivity index (χ0v) is 11.2. The van der Waals surface area contributed by atoms with Crippen molar-refractivity contribution in [2.45, 2.75) is 0 Å². The van der Waals surface area contributed by atoms with Crippen molar-refractivity contribution in [3.05, 3.63) is 45.9 Å². The summed E-state index contributed by atoms with van der Waals surface area (Å²) in [6.07, 6.45) is 1.53. The van der Waals surface area contributed by atoms with Gasteiger partial charge in [0.2, 0.25) is 5.89 Å². The molecule has 0 saturated heterocycles. The molecule has 3 rings (SSSR count). The van der Waals surface area contributed by atoms with E-state index < -0.39 is 5.82 Å². The van der Waals surface area contributed by atoms with Gasteiger partial charge in [0.1, 0.15) is 10.7 Å². The lowest BCUT2D eigenvalue weighted by Gasteiger charge is -1.94. The maximum Gasteiger partial charge on any atom is 0.229 e. The fraction of sp³-hybridized carbons (Fsp3) is 0. The molecule has 3 nitrogen and oxygen atoms in total. The van der Waals surface area contributed by atoms with Gasteiger partial charge in [-0.25, -0.2) is 14.4 Å². The van der Waals surface area contributed by atoms with E-state index in [4.69, 9.17) is 16.0 Å². The normalized spacial score (nSPS) is 11.1. The molecule has 90 valence electrons. The first-order valence-corrected chi connectivity index (χ1v) is 6.19. The van der Waals surface area contributed by atoms with Crippen LogP contribution in [0.15, 0.2) is 39.4 Å². The maximum absolute atomic E-state index is 13.8. The Bertz CT molecular complexity index is 727. The van der Waals surface area contributed by atoms with Crippen LogP contribution in [0.25, 0.3) is 22.6 Å². The summed E-state index contributed by atoms with van der Waals surface area (Å²) in [4.78, 5) is 8.13. The van der Waals surface area contributed by atoms with Gasteiger partial charge in [-0.1, -0.05) is 11.6 Å². The van der Waals surface area contributed by atoms with Gasteiger partial charge in [0.15, 0.2) is 11.4 Å². The topological polar surface area (TPSA) is 38.9 Å². The maximum atomic E-state index is 13.8. The molecule has 0 saturated carbocycles. The van der Waals surface area contributed by atoms with E-state index in [1.54, 1.807) is 24.3 Å². The van der Waals surface area contributed by atoms with Gasteiger partial charge in [-0.15, -0.1) is 0 Å². The van der Waals surface area contributed by atoms with Gasteiger partial charge in [0.25, 0.3) is 0 Å². The highest BCUT2D eigenvalue weighted by Gasteiger charge is 2.14. The summed E-state index contributed by atoms with van der Waals surface area (Å²) in [6.45, 7) is 0. The number of pyridine rings is 1. The minimum absolute atomic E-state index is 0.120. The molecule has 0 bridgehead atoms. The standard InChI is InChI=1S/C12H5BrClFN2O/c13-7-2-3-8-11(10(7)15)18-12(17-8)6-1-4-9(14)16-5-6/h1-5H. The highest BCUT2D eigenvalue weighted by molar-refractivity contribution is 9.10. The average Bonchev–Trinajstić information content (AvgIpc) is 2.80. The number of rotatable bonds is 1. The number of fused-ring (bicyclic) bond motifs is 1. The fourth-order valence-corrected chi connectivity index (χ4v) is 1.99. The first-order chi connectivity index (χ1) is 8.65. The van der Waals surface area contributed by atoms with Crippen molar-refractivity contribution >= 4 is 38.6 Å². The van der Waals surface area contributed by atoms with Crippen LogP contribution in [-0.4, -0.2) is 9.97 Å². The summed E-state index contributed by atoms with van der Waals surface area (Å²) in [5, 5.41) is 0.379. The third-order valence-electron chi connectivity index (χ3n) is 2.42. The van der Waals surface area contributed by atoms with Crippen LogP contribution in [0.2, 0.25) is 5.15 Å².